The zero-order valence-corrected chi connectivity index (χ0v) is 16.4. The summed E-state index contributed by atoms with van der Waals surface area (Å²) in [6.45, 7) is 16.9. The minimum atomic E-state index is 0.944. The van der Waals surface area contributed by atoms with Crippen molar-refractivity contribution >= 4 is 11.2 Å². The Hall–Kier alpha value is -2.36. The fourth-order valence-electron chi connectivity index (χ4n) is 3.86. The fourth-order valence-corrected chi connectivity index (χ4v) is 3.86. The number of fused-ring (bicyclic) bond motifs is 1. The molecule has 0 radical (unpaired) electrons. The van der Waals surface area contributed by atoms with Crippen molar-refractivity contribution in [2.75, 3.05) is 18.0 Å². The molecule has 0 N–H and O–H groups in total. The van der Waals surface area contributed by atoms with Crippen molar-refractivity contribution in [2.24, 2.45) is 0 Å². The van der Waals surface area contributed by atoms with Gasteiger partial charge in [0.25, 0.3) is 0 Å². The molecule has 0 spiro atoms. The summed E-state index contributed by atoms with van der Waals surface area (Å²) < 4.78 is 2.04. The number of anilines is 1. The Morgan fingerprint density at radius 1 is 0.920 bits per heavy atom. The van der Waals surface area contributed by atoms with Gasteiger partial charge in [-0.3, -0.25) is 0 Å². The van der Waals surface area contributed by atoms with Gasteiger partial charge in [0.15, 0.2) is 5.82 Å². The summed E-state index contributed by atoms with van der Waals surface area (Å²) in [6, 6.07) is 6.62. The van der Waals surface area contributed by atoms with E-state index in [1.54, 1.807) is 0 Å². The second kappa shape index (κ2) is 6.51. The number of benzene rings is 1. The minimum absolute atomic E-state index is 0.944. The number of nitrogens with zero attached hydrogens (tertiary/aromatic N) is 4. The van der Waals surface area contributed by atoms with Crippen molar-refractivity contribution < 1.29 is 0 Å². The Kier molecular flexibility index (Phi) is 4.55. The van der Waals surface area contributed by atoms with Crippen LogP contribution < -0.4 is 4.90 Å². The molecule has 0 atom stereocenters. The molecular weight excluding hydrogens is 308 g/mol. The van der Waals surface area contributed by atoms with Crippen molar-refractivity contribution in [1.82, 2.24) is 14.6 Å². The van der Waals surface area contributed by atoms with Gasteiger partial charge in [0.1, 0.15) is 5.52 Å². The monoisotopic (exact) mass is 336 g/mol. The van der Waals surface area contributed by atoms with Crippen LogP contribution in [-0.2, 0) is 0 Å². The number of hydrogen-bond acceptors (Lipinski definition) is 3. The molecule has 0 aliphatic carbocycles. The summed E-state index contributed by atoms with van der Waals surface area (Å²) in [5.74, 6) is 0.944. The smallest absolute Gasteiger partial charge is 0.162 e. The lowest BCUT2D eigenvalue weighted by molar-refractivity contribution is 0.843. The van der Waals surface area contributed by atoms with Crippen LogP contribution in [0.15, 0.2) is 18.2 Å². The molecule has 4 heteroatoms. The molecule has 0 aliphatic rings. The number of imidazole rings is 1. The molecule has 4 nitrogen and oxygen atoms in total. The maximum atomic E-state index is 4.94. The van der Waals surface area contributed by atoms with Crippen molar-refractivity contribution in [2.45, 2.75) is 48.5 Å². The van der Waals surface area contributed by atoms with Gasteiger partial charge in [-0.1, -0.05) is 17.7 Å². The van der Waals surface area contributed by atoms with Crippen LogP contribution in [0.3, 0.4) is 0 Å². The highest BCUT2D eigenvalue weighted by molar-refractivity contribution is 5.80. The summed E-state index contributed by atoms with van der Waals surface area (Å²) in [5, 5.41) is 4.82. The topological polar surface area (TPSA) is 33.4 Å². The average Bonchev–Trinajstić information content (AvgIpc) is 2.84. The second-order valence-corrected chi connectivity index (χ2v) is 6.90. The van der Waals surface area contributed by atoms with E-state index in [4.69, 9.17) is 10.1 Å². The Bertz CT molecular complexity index is 910. The molecule has 1 aromatic carbocycles. The Morgan fingerprint density at radius 3 is 2.08 bits per heavy atom. The maximum Gasteiger partial charge on any atom is 0.162 e. The van der Waals surface area contributed by atoms with Crippen LogP contribution in [0, 0.1) is 34.6 Å². The lowest BCUT2D eigenvalue weighted by atomic mass is 9.99. The van der Waals surface area contributed by atoms with Gasteiger partial charge in [-0.05, 0) is 65.7 Å². The van der Waals surface area contributed by atoms with Crippen LogP contribution in [0.4, 0.5) is 5.69 Å². The number of rotatable bonds is 4. The Morgan fingerprint density at radius 2 is 1.52 bits per heavy atom. The van der Waals surface area contributed by atoms with Gasteiger partial charge in [0.2, 0.25) is 0 Å². The molecule has 132 valence electrons. The van der Waals surface area contributed by atoms with E-state index in [9.17, 15) is 0 Å². The predicted octanol–water partition coefficient (Wildman–Crippen LogP) is 4.78. The van der Waals surface area contributed by atoms with Gasteiger partial charge in [-0.15, -0.1) is 0 Å². The second-order valence-electron chi connectivity index (χ2n) is 6.90. The highest BCUT2D eigenvalue weighted by Gasteiger charge is 2.20. The van der Waals surface area contributed by atoms with Gasteiger partial charge in [-0.25, -0.2) is 9.50 Å². The van der Waals surface area contributed by atoms with E-state index >= 15 is 0 Å². The van der Waals surface area contributed by atoms with Crippen LogP contribution in [-0.4, -0.2) is 27.7 Å². The zero-order valence-electron chi connectivity index (χ0n) is 16.4. The Balaban J connectivity index is 2.37. The molecule has 0 bridgehead atoms. The van der Waals surface area contributed by atoms with E-state index in [0.717, 1.165) is 35.8 Å². The minimum Gasteiger partial charge on any atom is -0.370 e. The third kappa shape index (κ3) is 2.90. The number of aromatic nitrogens is 3. The predicted molar refractivity (Wildman–Crippen MR) is 106 cm³/mol. The molecular formula is C21H28N4. The Labute approximate surface area is 150 Å². The molecule has 0 saturated heterocycles. The summed E-state index contributed by atoms with van der Waals surface area (Å²) in [4.78, 5) is 7.31. The van der Waals surface area contributed by atoms with E-state index < -0.39 is 0 Å². The number of aryl methyl sites for hydroxylation is 5. The van der Waals surface area contributed by atoms with E-state index in [0.29, 0.717) is 0 Å². The highest BCUT2D eigenvalue weighted by atomic mass is 15.3. The van der Waals surface area contributed by atoms with Gasteiger partial charge in [-0.2, -0.15) is 5.10 Å². The summed E-state index contributed by atoms with van der Waals surface area (Å²) in [6.07, 6.45) is 0. The van der Waals surface area contributed by atoms with Crippen LogP contribution in [0.25, 0.3) is 16.9 Å². The van der Waals surface area contributed by atoms with E-state index in [-0.39, 0.29) is 0 Å². The van der Waals surface area contributed by atoms with Crippen LogP contribution in [0.1, 0.15) is 41.9 Å². The van der Waals surface area contributed by atoms with E-state index in [1.165, 1.54) is 27.9 Å². The first-order valence-electron chi connectivity index (χ1n) is 9.07. The molecule has 0 amide bonds. The normalized spacial score (nSPS) is 11.3. The average molecular weight is 336 g/mol. The van der Waals surface area contributed by atoms with Crippen LogP contribution in [0.5, 0.6) is 0 Å². The largest absolute Gasteiger partial charge is 0.370 e. The molecule has 0 saturated carbocycles. The van der Waals surface area contributed by atoms with Crippen molar-refractivity contribution in [3.05, 3.63) is 46.3 Å². The van der Waals surface area contributed by atoms with Gasteiger partial charge < -0.3 is 4.90 Å². The van der Waals surface area contributed by atoms with Gasteiger partial charge in [0, 0.05) is 18.7 Å². The highest BCUT2D eigenvalue weighted by Crippen LogP contribution is 2.33. The van der Waals surface area contributed by atoms with E-state index in [1.807, 2.05) is 4.52 Å². The molecule has 0 fully saturated rings. The standard InChI is InChI=1S/C21H28N4/c1-8-24(9-2)18-12-16(6)23-25-20(18)17(7)22-21(25)19-14(4)10-13(3)11-15(19)5/h10-12H,8-9H2,1-7H3. The van der Waals surface area contributed by atoms with Crippen molar-refractivity contribution in [3.8, 4) is 11.4 Å². The summed E-state index contributed by atoms with van der Waals surface area (Å²) in [5.41, 5.74) is 9.34. The number of hydrogen-bond donors (Lipinski definition) is 0. The first kappa shape index (κ1) is 17.5. The van der Waals surface area contributed by atoms with E-state index in [2.05, 4.69) is 71.6 Å². The zero-order chi connectivity index (χ0) is 18.3. The summed E-state index contributed by atoms with van der Waals surface area (Å²) >= 11 is 0. The van der Waals surface area contributed by atoms with Crippen LogP contribution in [0.2, 0.25) is 0 Å². The van der Waals surface area contributed by atoms with Crippen molar-refractivity contribution in [3.63, 3.8) is 0 Å². The quantitative estimate of drug-likeness (QED) is 0.687. The summed E-state index contributed by atoms with van der Waals surface area (Å²) in [7, 11) is 0. The molecule has 25 heavy (non-hydrogen) atoms. The van der Waals surface area contributed by atoms with Crippen LogP contribution >= 0.6 is 0 Å². The molecule has 2 aromatic heterocycles. The molecule has 3 aromatic rings. The fraction of sp³-hybridized carbons (Fsp3) is 0.429. The SMILES string of the molecule is CCN(CC)c1cc(C)nn2c(-c3c(C)cc(C)cc3C)nc(C)c12. The lowest BCUT2D eigenvalue weighted by Crippen LogP contribution is -2.23. The maximum absolute atomic E-state index is 4.94. The molecule has 2 heterocycles. The third-order valence-electron chi connectivity index (χ3n) is 4.88. The molecule has 0 unspecified atom stereocenters. The van der Waals surface area contributed by atoms with Gasteiger partial charge in [0.05, 0.1) is 17.1 Å². The molecule has 3 rings (SSSR count). The first-order chi connectivity index (χ1) is 11.9. The lowest BCUT2D eigenvalue weighted by Gasteiger charge is -2.22. The first-order valence-corrected chi connectivity index (χ1v) is 9.07. The third-order valence-corrected chi connectivity index (χ3v) is 4.88. The van der Waals surface area contributed by atoms with Crippen molar-refractivity contribution in [1.29, 1.82) is 0 Å². The molecule has 0 aliphatic heterocycles. The van der Waals surface area contributed by atoms with Gasteiger partial charge >= 0.3 is 0 Å².